The van der Waals surface area contributed by atoms with Crippen LogP contribution in [-0.4, -0.2) is 51.8 Å². The van der Waals surface area contributed by atoms with Crippen LogP contribution in [0, 0.1) is 5.92 Å². The number of carbonyl (C=O) groups is 2. The van der Waals surface area contributed by atoms with Crippen molar-refractivity contribution in [1.29, 1.82) is 0 Å². The molecule has 2 rings (SSSR count). The highest BCUT2D eigenvalue weighted by atomic mass is 16.4. The summed E-state index contributed by atoms with van der Waals surface area (Å²) in [6.07, 6.45) is 2.09. The van der Waals surface area contributed by atoms with Gasteiger partial charge in [-0.15, -0.1) is 0 Å². The number of likely N-dealkylation sites (tertiary alicyclic amines) is 1. The maximum atomic E-state index is 11.9. The smallest absolute Gasteiger partial charge is 0.328 e. The molecule has 0 aromatic carbocycles. The number of carboxylic acid groups (broad SMARTS) is 1. The highest BCUT2D eigenvalue weighted by Gasteiger charge is 2.41. The molecule has 2 fully saturated rings. The number of urea groups is 1. The molecule has 4 atom stereocenters. The van der Waals surface area contributed by atoms with E-state index in [1.807, 2.05) is 0 Å². The Labute approximate surface area is 99.6 Å². The van der Waals surface area contributed by atoms with E-state index >= 15 is 0 Å². The van der Waals surface area contributed by atoms with Crippen molar-refractivity contribution in [2.24, 2.45) is 5.92 Å². The van der Waals surface area contributed by atoms with Crippen molar-refractivity contribution in [2.45, 2.75) is 44.4 Å². The van der Waals surface area contributed by atoms with Crippen LogP contribution < -0.4 is 5.32 Å². The number of hydrogen-bond donors (Lipinski definition) is 3. The van der Waals surface area contributed by atoms with Gasteiger partial charge in [-0.3, -0.25) is 0 Å². The summed E-state index contributed by atoms with van der Waals surface area (Å²) in [5.41, 5.74) is 0. The number of rotatable bonds is 3. The lowest BCUT2D eigenvalue weighted by Crippen LogP contribution is -2.53. The summed E-state index contributed by atoms with van der Waals surface area (Å²) in [6, 6.07) is -1.35. The van der Waals surface area contributed by atoms with Crippen LogP contribution in [0.5, 0.6) is 0 Å². The van der Waals surface area contributed by atoms with Crippen LogP contribution in [0.1, 0.15) is 26.2 Å². The number of nitrogens with one attached hydrogen (secondary N) is 1. The number of nitrogens with zero attached hydrogens (tertiary/aromatic N) is 1. The lowest BCUT2D eigenvalue weighted by Gasteiger charge is -2.29. The summed E-state index contributed by atoms with van der Waals surface area (Å²) < 4.78 is 0. The Morgan fingerprint density at radius 3 is 2.53 bits per heavy atom. The number of fused-ring (bicyclic) bond motifs is 2. The monoisotopic (exact) mass is 242 g/mol. The van der Waals surface area contributed by atoms with Gasteiger partial charge in [0.05, 0.1) is 6.10 Å². The molecule has 0 aromatic heterocycles. The highest BCUT2D eigenvalue weighted by molar-refractivity contribution is 5.83. The summed E-state index contributed by atoms with van der Waals surface area (Å²) in [5.74, 6) is -0.640. The van der Waals surface area contributed by atoms with Crippen molar-refractivity contribution < 1.29 is 19.8 Å². The Balaban J connectivity index is 1.94. The van der Waals surface area contributed by atoms with Gasteiger partial charge in [-0.05, 0) is 32.1 Å². The topological polar surface area (TPSA) is 89.9 Å². The quantitative estimate of drug-likeness (QED) is 0.650. The fraction of sp³-hybridized carbons (Fsp3) is 0.818. The van der Waals surface area contributed by atoms with E-state index in [1.54, 1.807) is 4.90 Å². The number of aliphatic hydroxyl groups excluding tert-OH is 1. The molecular formula is C11H18N2O4. The van der Waals surface area contributed by atoms with Crippen molar-refractivity contribution in [1.82, 2.24) is 10.2 Å². The molecule has 17 heavy (non-hydrogen) atoms. The largest absolute Gasteiger partial charge is 0.480 e. The van der Waals surface area contributed by atoms with Crippen LogP contribution in [-0.2, 0) is 4.79 Å². The van der Waals surface area contributed by atoms with Crippen LogP contribution in [0.4, 0.5) is 4.79 Å². The molecular weight excluding hydrogens is 224 g/mol. The molecule has 2 amide bonds. The van der Waals surface area contributed by atoms with E-state index in [9.17, 15) is 14.7 Å². The molecule has 96 valence electrons. The van der Waals surface area contributed by atoms with Gasteiger partial charge in [0.15, 0.2) is 6.04 Å². The van der Waals surface area contributed by atoms with Gasteiger partial charge in [0, 0.05) is 12.6 Å². The van der Waals surface area contributed by atoms with Crippen molar-refractivity contribution in [2.75, 3.05) is 6.54 Å². The fourth-order valence-corrected chi connectivity index (χ4v) is 2.78. The summed E-state index contributed by atoms with van der Waals surface area (Å²) in [5, 5.41) is 20.5. The van der Waals surface area contributed by atoms with Crippen LogP contribution >= 0.6 is 0 Å². The van der Waals surface area contributed by atoms with Crippen molar-refractivity contribution in [3.05, 3.63) is 0 Å². The van der Waals surface area contributed by atoms with Gasteiger partial charge in [-0.25, -0.2) is 9.59 Å². The molecule has 1 aliphatic carbocycles. The van der Waals surface area contributed by atoms with Crippen LogP contribution in [0.15, 0.2) is 0 Å². The minimum Gasteiger partial charge on any atom is -0.480 e. The molecule has 4 unspecified atom stereocenters. The van der Waals surface area contributed by atoms with Gasteiger partial charge in [0.25, 0.3) is 0 Å². The SMILES string of the molecule is CC(O)C(NC(=O)N1CC2CCC1C2)C(=O)O. The normalized spacial score (nSPS) is 30.1. The molecule has 0 aromatic rings. The molecule has 3 N–H and O–H groups in total. The minimum atomic E-state index is -1.23. The van der Waals surface area contributed by atoms with E-state index < -0.39 is 18.1 Å². The van der Waals surface area contributed by atoms with E-state index in [2.05, 4.69) is 5.32 Å². The zero-order valence-corrected chi connectivity index (χ0v) is 9.80. The molecule has 1 aliphatic heterocycles. The number of carboxylic acids is 1. The molecule has 0 radical (unpaired) electrons. The molecule has 1 saturated carbocycles. The first-order valence-electron chi connectivity index (χ1n) is 5.97. The summed E-state index contributed by atoms with van der Waals surface area (Å²) >= 11 is 0. The van der Waals surface area contributed by atoms with Crippen molar-refractivity contribution in [3.8, 4) is 0 Å². The van der Waals surface area contributed by atoms with Crippen LogP contribution in [0.2, 0.25) is 0 Å². The molecule has 6 heteroatoms. The molecule has 6 nitrogen and oxygen atoms in total. The highest BCUT2D eigenvalue weighted by Crippen LogP contribution is 2.37. The second kappa shape index (κ2) is 4.52. The lowest BCUT2D eigenvalue weighted by atomic mass is 10.1. The Morgan fingerprint density at radius 1 is 1.41 bits per heavy atom. The summed E-state index contributed by atoms with van der Waals surface area (Å²) in [4.78, 5) is 24.5. The predicted molar refractivity (Wildman–Crippen MR) is 59.5 cm³/mol. The Hall–Kier alpha value is -1.30. The maximum absolute atomic E-state index is 11.9. The Morgan fingerprint density at radius 2 is 2.12 bits per heavy atom. The van der Waals surface area contributed by atoms with Crippen molar-refractivity contribution >= 4 is 12.0 Å². The summed E-state index contributed by atoms with van der Waals surface area (Å²) in [7, 11) is 0. The average molecular weight is 242 g/mol. The van der Waals surface area contributed by atoms with Gasteiger partial charge in [0.1, 0.15) is 0 Å². The summed E-state index contributed by atoms with van der Waals surface area (Å²) in [6.45, 7) is 2.07. The lowest BCUT2D eigenvalue weighted by molar-refractivity contribution is -0.141. The predicted octanol–water partition coefficient (Wildman–Crippen LogP) is 0.0143. The number of amides is 2. The van der Waals surface area contributed by atoms with E-state index in [4.69, 9.17) is 5.11 Å². The van der Waals surface area contributed by atoms with Crippen molar-refractivity contribution in [3.63, 3.8) is 0 Å². The van der Waals surface area contributed by atoms with Gasteiger partial charge in [-0.1, -0.05) is 0 Å². The van der Waals surface area contributed by atoms with Gasteiger partial charge in [-0.2, -0.15) is 0 Å². The third-order valence-electron chi connectivity index (χ3n) is 3.70. The fourth-order valence-electron chi connectivity index (χ4n) is 2.78. The van der Waals surface area contributed by atoms with E-state index in [-0.39, 0.29) is 12.1 Å². The van der Waals surface area contributed by atoms with E-state index in [0.717, 1.165) is 19.3 Å². The third-order valence-corrected chi connectivity index (χ3v) is 3.70. The second-order valence-electron chi connectivity index (χ2n) is 4.99. The third kappa shape index (κ3) is 2.36. The Bertz CT molecular complexity index is 331. The van der Waals surface area contributed by atoms with E-state index in [1.165, 1.54) is 6.92 Å². The first-order valence-corrected chi connectivity index (χ1v) is 5.97. The molecule has 2 bridgehead atoms. The van der Waals surface area contributed by atoms with Gasteiger partial charge in [0.2, 0.25) is 0 Å². The van der Waals surface area contributed by atoms with E-state index in [0.29, 0.717) is 12.5 Å². The second-order valence-corrected chi connectivity index (χ2v) is 4.99. The average Bonchev–Trinajstić information content (AvgIpc) is 2.85. The molecule has 1 saturated heterocycles. The Kier molecular flexibility index (Phi) is 3.24. The van der Waals surface area contributed by atoms with Crippen LogP contribution in [0.3, 0.4) is 0 Å². The number of aliphatic carboxylic acids is 1. The maximum Gasteiger partial charge on any atom is 0.328 e. The number of piperidine rings is 1. The molecule has 0 spiro atoms. The first-order chi connectivity index (χ1) is 7.99. The van der Waals surface area contributed by atoms with Gasteiger partial charge >= 0.3 is 12.0 Å². The standard InChI is InChI=1S/C11H18N2O4/c1-6(14)9(10(15)16)12-11(17)13-5-7-2-3-8(13)4-7/h6-9,14H,2-5H2,1H3,(H,12,17)(H,15,16). The number of carbonyl (C=O) groups excluding carboxylic acids is 1. The molecule has 1 heterocycles. The number of hydrogen-bond acceptors (Lipinski definition) is 3. The zero-order chi connectivity index (χ0) is 12.6. The van der Waals surface area contributed by atoms with Crippen LogP contribution in [0.25, 0.3) is 0 Å². The number of aliphatic hydroxyl groups is 1. The molecule has 2 aliphatic rings. The van der Waals surface area contributed by atoms with Gasteiger partial charge < -0.3 is 20.4 Å². The zero-order valence-electron chi connectivity index (χ0n) is 9.80. The first kappa shape index (κ1) is 12.2. The minimum absolute atomic E-state index is 0.253.